The highest BCUT2D eigenvalue weighted by Gasteiger charge is 2.49. The summed E-state index contributed by atoms with van der Waals surface area (Å²) in [5, 5.41) is 7.79. The zero-order chi connectivity index (χ0) is 15.6. The van der Waals surface area contributed by atoms with Crippen LogP contribution in [0, 0.1) is 18.3 Å². The molecule has 138 valence electrons. The summed E-state index contributed by atoms with van der Waals surface area (Å²) < 4.78 is 0. The van der Waals surface area contributed by atoms with Gasteiger partial charge >= 0.3 is 0 Å². The van der Waals surface area contributed by atoms with Gasteiger partial charge in [0.05, 0.1) is 16.1 Å². The van der Waals surface area contributed by atoms with Crippen LogP contribution in [0.5, 0.6) is 0 Å². The number of thiazole rings is 1. The van der Waals surface area contributed by atoms with E-state index >= 15 is 0 Å². The molecule has 1 aromatic rings. The number of fused-ring (bicyclic) bond motifs is 1. The van der Waals surface area contributed by atoms with E-state index in [0.717, 1.165) is 37.4 Å². The van der Waals surface area contributed by atoms with E-state index in [4.69, 9.17) is 0 Å². The molecular weight excluding hydrogens is 365 g/mol. The third kappa shape index (κ3) is 4.24. The molecule has 0 unspecified atom stereocenters. The second kappa shape index (κ2) is 9.37. The third-order valence-electron chi connectivity index (χ3n) is 5.39. The van der Waals surface area contributed by atoms with Gasteiger partial charge in [0.1, 0.15) is 0 Å². The Balaban J connectivity index is 0.00000144. The van der Waals surface area contributed by atoms with Crippen molar-refractivity contribution in [2.45, 2.75) is 52.4 Å². The van der Waals surface area contributed by atoms with Gasteiger partial charge in [-0.15, -0.1) is 36.2 Å². The molecule has 4 nitrogen and oxygen atoms in total. The first-order chi connectivity index (χ1) is 10.7. The number of hydrogen-bond donors (Lipinski definition) is 2. The fraction of sp³-hybridized carbons (Fsp3) is 0.765. The molecule has 3 rings (SSSR count). The van der Waals surface area contributed by atoms with Crippen LogP contribution in [0.3, 0.4) is 0 Å². The average Bonchev–Trinajstić information content (AvgIpc) is 3.11. The Morgan fingerprint density at radius 2 is 2.21 bits per heavy atom. The standard InChI is InChI=1S/C17H27N3OS.2ClH/c1-3-14-12(2)22-15(20-14)7-9-19-16(21)17-8-5-4-6-13(17)10-18-11-17;;/h13,18H,3-11H2,1-2H3,(H,19,21);2*1H/t13-,17+;;/m0../s1. The Morgan fingerprint density at radius 1 is 1.42 bits per heavy atom. The molecule has 2 aliphatic rings. The van der Waals surface area contributed by atoms with Crippen molar-refractivity contribution in [2.24, 2.45) is 11.3 Å². The van der Waals surface area contributed by atoms with E-state index in [9.17, 15) is 4.79 Å². The van der Waals surface area contributed by atoms with Crippen molar-refractivity contribution in [1.82, 2.24) is 15.6 Å². The third-order valence-corrected chi connectivity index (χ3v) is 6.46. The summed E-state index contributed by atoms with van der Waals surface area (Å²) in [4.78, 5) is 18.7. The summed E-state index contributed by atoms with van der Waals surface area (Å²) in [5.41, 5.74) is 1.07. The molecule has 0 aromatic carbocycles. The van der Waals surface area contributed by atoms with Crippen molar-refractivity contribution in [3.8, 4) is 0 Å². The zero-order valence-electron chi connectivity index (χ0n) is 14.5. The summed E-state index contributed by atoms with van der Waals surface area (Å²) in [5.74, 6) is 0.807. The fourth-order valence-corrected chi connectivity index (χ4v) is 5.09. The Hall–Kier alpha value is -0.360. The minimum atomic E-state index is -0.133. The number of halogens is 2. The summed E-state index contributed by atoms with van der Waals surface area (Å²) >= 11 is 1.77. The van der Waals surface area contributed by atoms with Gasteiger partial charge in [0, 0.05) is 24.4 Å². The second-order valence-corrected chi connectivity index (χ2v) is 7.99. The van der Waals surface area contributed by atoms with E-state index in [2.05, 4.69) is 29.5 Å². The summed E-state index contributed by atoms with van der Waals surface area (Å²) in [6.07, 6.45) is 6.56. The molecule has 1 aliphatic heterocycles. The molecule has 0 radical (unpaired) electrons. The maximum atomic E-state index is 12.8. The number of aryl methyl sites for hydroxylation is 2. The minimum absolute atomic E-state index is 0. The number of hydrogen-bond acceptors (Lipinski definition) is 4. The van der Waals surface area contributed by atoms with Gasteiger partial charge in [-0.1, -0.05) is 19.8 Å². The number of carbonyl (C=O) groups excluding carboxylic acids is 1. The van der Waals surface area contributed by atoms with Crippen molar-refractivity contribution >= 4 is 42.1 Å². The Bertz CT molecular complexity index is 552. The van der Waals surface area contributed by atoms with Gasteiger partial charge in [0.25, 0.3) is 0 Å². The van der Waals surface area contributed by atoms with Gasteiger partial charge in [-0.2, -0.15) is 0 Å². The van der Waals surface area contributed by atoms with Gasteiger partial charge in [-0.25, -0.2) is 4.98 Å². The molecule has 2 N–H and O–H groups in total. The molecule has 1 aliphatic carbocycles. The second-order valence-electron chi connectivity index (χ2n) is 6.70. The Morgan fingerprint density at radius 3 is 2.92 bits per heavy atom. The summed E-state index contributed by atoms with van der Waals surface area (Å²) in [6.45, 7) is 6.86. The molecule has 0 bridgehead atoms. The van der Waals surface area contributed by atoms with Crippen LogP contribution in [0.15, 0.2) is 0 Å². The van der Waals surface area contributed by atoms with Crippen molar-refractivity contribution in [3.63, 3.8) is 0 Å². The Labute approximate surface area is 161 Å². The number of aromatic nitrogens is 1. The average molecular weight is 394 g/mol. The highest BCUT2D eigenvalue weighted by molar-refractivity contribution is 7.11. The summed E-state index contributed by atoms with van der Waals surface area (Å²) in [7, 11) is 0. The molecule has 1 amide bonds. The monoisotopic (exact) mass is 393 g/mol. The van der Waals surface area contributed by atoms with Crippen LogP contribution in [0.2, 0.25) is 0 Å². The van der Waals surface area contributed by atoms with Gasteiger partial charge in [0.2, 0.25) is 5.91 Å². The molecular formula is C17H29Cl2N3OS. The summed E-state index contributed by atoms with van der Waals surface area (Å²) in [6, 6.07) is 0. The topological polar surface area (TPSA) is 54.0 Å². The van der Waals surface area contributed by atoms with E-state index in [1.807, 2.05) is 0 Å². The van der Waals surface area contributed by atoms with E-state index in [1.165, 1.54) is 29.8 Å². The number of carbonyl (C=O) groups is 1. The predicted octanol–water partition coefficient (Wildman–Crippen LogP) is 3.30. The van der Waals surface area contributed by atoms with E-state index in [1.54, 1.807) is 11.3 Å². The molecule has 0 spiro atoms. The predicted molar refractivity (Wildman–Crippen MR) is 105 cm³/mol. The van der Waals surface area contributed by atoms with E-state index < -0.39 is 0 Å². The molecule has 7 heteroatoms. The number of nitrogens with zero attached hydrogens (tertiary/aromatic N) is 1. The van der Waals surface area contributed by atoms with E-state index in [0.29, 0.717) is 12.5 Å². The first-order valence-electron chi connectivity index (χ1n) is 8.60. The van der Waals surface area contributed by atoms with Gasteiger partial charge in [-0.05, 0) is 38.6 Å². The van der Waals surface area contributed by atoms with Crippen LogP contribution >= 0.6 is 36.2 Å². The van der Waals surface area contributed by atoms with Crippen LogP contribution < -0.4 is 10.6 Å². The van der Waals surface area contributed by atoms with Crippen molar-refractivity contribution in [1.29, 1.82) is 0 Å². The van der Waals surface area contributed by atoms with Crippen LogP contribution in [0.4, 0.5) is 0 Å². The Kier molecular flexibility index (Phi) is 8.46. The molecule has 2 heterocycles. The SMILES string of the molecule is CCc1nc(CCNC(=O)[C@@]23CCCC[C@H]2CNC3)sc1C.Cl.Cl. The van der Waals surface area contributed by atoms with Crippen molar-refractivity contribution in [2.75, 3.05) is 19.6 Å². The van der Waals surface area contributed by atoms with Crippen molar-refractivity contribution < 1.29 is 4.79 Å². The highest BCUT2D eigenvalue weighted by Crippen LogP contribution is 2.43. The molecule has 2 fully saturated rings. The highest BCUT2D eigenvalue weighted by atomic mass is 35.5. The lowest BCUT2D eigenvalue weighted by Crippen LogP contribution is -2.48. The first-order valence-corrected chi connectivity index (χ1v) is 9.41. The normalized spacial score (nSPS) is 25.3. The minimum Gasteiger partial charge on any atom is -0.355 e. The molecule has 1 saturated carbocycles. The lowest BCUT2D eigenvalue weighted by molar-refractivity contribution is -0.133. The van der Waals surface area contributed by atoms with E-state index in [-0.39, 0.29) is 36.1 Å². The lowest BCUT2D eigenvalue weighted by atomic mass is 9.67. The van der Waals surface area contributed by atoms with Crippen LogP contribution in [0.1, 0.15) is 48.2 Å². The van der Waals surface area contributed by atoms with Gasteiger partial charge < -0.3 is 10.6 Å². The van der Waals surface area contributed by atoms with Crippen LogP contribution in [0.25, 0.3) is 0 Å². The van der Waals surface area contributed by atoms with Gasteiger partial charge in [0.15, 0.2) is 0 Å². The first kappa shape index (κ1) is 21.7. The van der Waals surface area contributed by atoms with Crippen LogP contribution in [-0.2, 0) is 17.6 Å². The molecule has 2 atom stereocenters. The quantitative estimate of drug-likeness (QED) is 0.806. The fourth-order valence-electron chi connectivity index (χ4n) is 4.07. The number of rotatable bonds is 5. The zero-order valence-corrected chi connectivity index (χ0v) is 17.0. The van der Waals surface area contributed by atoms with Crippen LogP contribution in [-0.4, -0.2) is 30.5 Å². The maximum Gasteiger partial charge on any atom is 0.227 e. The lowest BCUT2D eigenvalue weighted by Gasteiger charge is -2.37. The van der Waals surface area contributed by atoms with Gasteiger partial charge in [-0.3, -0.25) is 4.79 Å². The number of amides is 1. The molecule has 1 saturated heterocycles. The molecule has 1 aromatic heterocycles. The molecule has 24 heavy (non-hydrogen) atoms. The smallest absolute Gasteiger partial charge is 0.227 e. The number of nitrogens with one attached hydrogen (secondary N) is 2. The maximum absolute atomic E-state index is 12.8. The largest absolute Gasteiger partial charge is 0.355 e. The van der Waals surface area contributed by atoms with Crippen molar-refractivity contribution in [3.05, 3.63) is 15.6 Å².